The van der Waals surface area contributed by atoms with Crippen LogP contribution in [-0.2, 0) is 13.0 Å². The van der Waals surface area contributed by atoms with E-state index in [1.54, 1.807) is 17.7 Å². The number of hydrogen-bond acceptors (Lipinski definition) is 5. The van der Waals surface area contributed by atoms with E-state index in [0.717, 1.165) is 30.9 Å². The molecule has 2 aromatic heterocycles. The van der Waals surface area contributed by atoms with Gasteiger partial charge in [0.15, 0.2) is 0 Å². The molecule has 4 nitrogen and oxygen atoms in total. The summed E-state index contributed by atoms with van der Waals surface area (Å²) in [5.74, 6) is 0.881. The Morgan fingerprint density at radius 1 is 1.38 bits per heavy atom. The minimum absolute atomic E-state index is 0.771. The molecule has 0 bridgehead atoms. The van der Waals surface area contributed by atoms with E-state index in [4.69, 9.17) is 0 Å². The first kappa shape index (κ1) is 11.0. The molecule has 5 heteroatoms. The maximum atomic E-state index is 4.21. The lowest BCUT2D eigenvalue weighted by Gasteiger charge is -2.04. The maximum Gasteiger partial charge on any atom is 0.129 e. The van der Waals surface area contributed by atoms with Crippen molar-refractivity contribution in [2.75, 3.05) is 5.32 Å². The Kier molecular flexibility index (Phi) is 3.82. The largest absolute Gasteiger partial charge is 0.365 e. The summed E-state index contributed by atoms with van der Waals surface area (Å²) < 4.78 is 0. The molecule has 2 heterocycles. The van der Waals surface area contributed by atoms with Crippen LogP contribution < -0.4 is 5.32 Å². The summed E-state index contributed by atoms with van der Waals surface area (Å²) in [5, 5.41) is 3.27. The third-order valence-electron chi connectivity index (χ3n) is 2.16. The van der Waals surface area contributed by atoms with Crippen molar-refractivity contribution in [1.29, 1.82) is 0 Å². The topological polar surface area (TPSA) is 50.7 Å². The molecule has 0 radical (unpaired) electrons. The molecular weight excluding hydrogens is 220 g/mol. The average Bonchev–Trinajstić information content (AvgIpc) is 2.80. The molecule has 0 atom stereocenters. The zero-order valence-electron chi connectivity index (χ0n) is 9.18. The van der Waals surface area contributed by atoms with Crippen LogP contribution in [0.1, 0.15) is 23.9 Å². The van der Waals surface area contributed by atoms with Gasteiger partial charge >= 0.3 is 0 Å². The first-order valence-electron chi connectivity index (χ1n) is 5.30. The molecule has 0 amide bonds. The first-order chi connectivity index (χ1) is 7.88. The van der Waals surface area contributed by atoms with E-state index in [1.807, 2.05) is 17.8 Å². The molecule has 0 spiro atoms. The van der Waals surface area contributed by atoms with Gasteiger partial charge in [0.25, 0.3) is 0 Å². The Labute approximate surface area is 98.8 Å². The molecule has 84 valence electrons. The number of nitrogens with zero attached hydrogens (tertiary/aromatic N) is 3. The number of nitrogens with one attached hydrogen (secondary N) is 1. The Bertz CT molecular complexity index is 427. The number of anilines is 1. The molecule has 0 aromatic carbocycles. The second-order valence-corrected chi connectivity index (χ2v) is 4.44. The van der Waals surface area contributed by atoms with Crippen molar-refractivity contribution >= 4 is 17.2 Å². The van der Waals surface area contributed by atoms with E-state index >= 15 is 0 Å². The van der Waals surface area contributed by atoms with Crippen molar-refractivity contribution in [3.05, 3.63) is 34.7 Å². The van der Waals surface area contributed by atoms with Gasteiger partial charge in [0.1, 0.15) is 12.1 Å². The molecule has 0 saturated heterocycles. The second-order valence-electron chi connectivity index (χ2n) is 3.47. The Balaban J connectivity index is 1.96. The molecule has 0 fully saturated rings. The van der Waals surface area contributed by atoms with E-state index in [0.29, 0.717) is 0 Å². The fourth-order valence-corrected chi connectivity index (χ4v) is 1.93. The summed E-state index contributed by atoms with van der Waals surface area (Å²) in [6, 6.07) is 2.00. The molecule has 16 heavy (non-hydrogen) atoms. The van der Waals surface area contributed by atoms with Gasteiger partial charge in [-0.15, -0.1) is 11.3 Å². The van der Waals surface area contributed by atoms with E-state index in [2.05, 4.69) is 27.2 Å². The quantitative estimate of drug-likeness (QED) is 0.863. The lowest BCUT2D eigenvalue weighted by molar-refractivity contribution is 0.871. The summed E-state index contributed by atoms with van der Waals surface area (Å²) in [4.78, 5) is 13.6. The fraction of sp³-hybridized carbons (Fsp3) is 0.364. The number of aryl methyl sites for hydroxylation is 1. The monoisotopic (exact) mass is 234 g/mol. The van der Waals surface area contributed by atoms with Gasteiger partial charge in [-0.3, -0.25) is 4.98 Å². The predicted molar refractivity (Wildman–Crippen MR) is 65.5 cm³/mol. The summed E-state index contributed by atoms with van der Waals surface area (Å²) in [6.45, 7) is 2.92. The van der Waals surface area contributed by atoms with E-state index < -0.39 is 0 Å². The molecule has 0 unspecified atom stereocenters. The molecule has 0 aliphatic carbocycles. The van der Waals surface area contributed by atoms with Crippen LogP contribution in [0.25, 0.3) is 0 Å². The number of thiazole rings is 1. The van der Waals surface area contributed by atoms with Crippen LogP contribution in [0.4, 0.5) is 5.82 Å². The van der Waals surface area contributed by atoms with Crippen molar-refractivity contribution in [2.45, 2.75) is 26.3 Å². The van der Waals surface area contributed by atoms with Gasteiger partial charge < -0.3 is 5.32 Å². The van der Waals surface area contributed by atoms with Gasteiger partial charge in [-0.1, -0.05) is 13.3 Å². The zero-order chi connectivity index (χ0) is 11.2. The summed E-state index contributed by atoms with van der Waals surface area (Å²) in [7, 11) is 0. The maximum absolute atomic E-state index is 4.21. The van der Waals surface area contributed by atoms with Crippen molar-refractivity contribution in [1.82, 2.24) is 15.0 Å². The van der Waals surface area contributed by atoms with Gasteiger partial charge in [0, 0.05) is 22.8 Å². The van der Waals surface area contributed by atoms with Gasteiger partial charge in [0.2, 0.25) is 0 Å². The molecule has 2 aromatic rings. The Morgan fingerprint density at radius 3 is 3.06 bits per heavy atom. The highest BCUT2D eigenvalue weighted by molar-refractivity contribution is 7.09. The van der Waals surface area contributed by atoms with Crippen molar-refractivity contribution in [3.8, 4) is 0 Å². The molecule has 2 rings (SSSR count). The fourth-order valence-electron chi connectivity index (χ4n) is 1.39. The highest BCUT2D eigenvalue weighted by atomic mass is 32.1. The molecule has 0 aliphatic rings. The lowest BCUT2D eigenvalue weighted by atomic mass is 10.2. The third-order valence-corrected chi connectivity index (χ3v) is 2.94. The van der Waals surface area contributed by atoms with Crippen LogP contribution in [0, 0.1) is 0 Å². The highest BCUT2D eigenvalue weighted by Crippen LogP contribution is 2.10. The lowest BCUT2D eigenvalue weighted by Crippen LogP contribution is -2.01. The Morgan fingerprint density at radius 2 is 2.31 bits per heavy atom. The van der Waals surface area contributed by atoms with Crippen molar-refractivity contribution < 1.29 is 0 Å². The van der Waals surface area contributed by atoms with E-state index in [1.165, 1.54) is 4.88 Å². The summed E-state index contributed by atoms with van der Waals surface area (Å²) in [6.07, 6.45) is 5.58. The third kappa shape index (κ3) is 3.00. The van der Waals surface area contributed by atoms with Gasteiger partial charge in [-0.05, 0) is 6.42 Å². The standard InChI is InChI=1S/C11H14N4S/c1-2-3-9-4-11(15-7-14-9)13-6-10-5-12-8-16-10/h4-5,7-8H,2-3,6H2,1H3,(H,13,14,15). The molecule has 0 saturated carbocycles. The van der Waals surface area contributed by atoms with Crippen molar-refractivity contribution in [2.24, 2.45) is 0 Å². The highest BCUT2D eigenvalue weighted by Gasteiger charge is 1.99. The van der Waals surface area contributed by atoms with Gasteiger partial charge in [-0.25, -0.2) is 9.97 Å². The van der Waals surface area contributed by atoms with Crippen LogP contribution in [-0.4, -0.2) is 15.0 Å². The Hall–Kier alpha value is -1.49. The zero-order valence-corrected chi connectivity index (χ0v) is 10.00. The van der Waals surface area contributed by atoms with Crippen LogP contribution in [0.15, 0.2) is 24.1 Å². The SMILES string of the molecule is CCCc1cc(NCc2cncs2)ncn1. The van der Waals surface area contributed by atoms with Crippen LogP contribution in [0.5, 0.6) is 0 Å². The van der Waals surface area contributed by atoms with E-state index in [-0.39, 0.29) is 0 Å². The molecule has 0 aliphatic heterocycles. The minimum Gasteiger partial charge on any atom is -0.365 e. The number of hydrogen-bond donors (Lipinski definition) is 1. The number of rotatable bonds is 5. The summed E-state index contributed by atoms with van der Waals surface area (Å²) in [5.41, 5.74) is 2.92. The van der Waals surface area contributed by atoms with Gasteiger partial charge in [-0.2, -0.15) is 0 Å². The molecule has 1 N–H and O–H groups in total. The smallest absolute Gasteiger partial charge is 0.129 e. The normalized spacial score (nSPS) is 10.3. The van der Waals surface area contributed by atoms with Crippen molar-refractivity contribution in [3.63, 3.8) is 0 Å². The minimum atomic E-state index is 0.771. The molecular formula is C11H14N4S. The predicted octanol–water partition coefficient (Wildman–Crippen LogP) is 2.50. The number of aromatic nitrogens is 3. The summed E-state index contributed by atoms with van der Waals surface area (Å²) >= 11 is 1.64. The van der Waals surface area contributed by atoms with Gasteiger partial charge in [0.05, 0.1) is 12.1 Å². The first-order valence-corrected chi connectivity index (χ1v) is 6.18. The van der Waals surface area contributed by atoms with Crippen LogP contribution >= 0.6 is 11.3 Å². The van der Waals surface area contributed by atoms with Crippen LogP contribution in [0.2, 0.25) is 0 Å². The van der Waals surface area contributed by atoms with E-state index in [9.17, 15) is 0 Å². The second kappa shape index (κ2) is 5.55. The average molecular weight is 234 g/mol. The van der Waals surface area contributed by atoms with Crippen LogP contribution in [0.3, 0.4) is 0 Å².